The lowest BCUT2D eigenvalue weighted by Crippen LogP contribution is -2.40. The van der Waals surface area contributed by atoms with Crippen molar-refractivity contribution in [3.05, 3.63) is 106 Å². The molecule has 0 aromatic heterocycles. The second-order valence-corrected chi connectivity index (χ2v) is 10.5. The van der Waals surface area contributed by atoms with E-state index in [-0.39, 0.29) is 0 Å². The Balaban J connectivity index is 1.67. The molecule has 6 heteroatoms. The molecule has 1 atom stereocenters. The van der Waals surface area contributed by atoms with Crippen LogP contribution in [0.25, 0.3) is 0 Å². The van der Waals surface area contributed by atoms with Gasteiger partial charge in [0, 0.05) is 10.0 Å². The summed E-state index contributed by atoms with van der Waals surface area (Å²) < 4.78 is 29.1. The zero-order valence-corrected chi connectivity index (χ0v) is 18.0. The third kappa shape index (κ3) is 4.51. The molecule has 3 aromatic carbocycles. The molecule has 1 fully saturated rings. The van der Waals surface area contributed by atoms with Crippen molar-refractivity contribution in [1.29, 1.82) is 0 Å². The first-order valence-corrected chi connectivity index (χ1v) is 11.7. The van der Waals surface area contributed by atoms with E-state index in [0.717, 1.165) is 16.7 Å². The van der Waals surface area contributed by atoms with Crippen LogP contribution in [0.1, 0.15) is 35.6 Å². The monoisotopic (exact) mass is 445 g/mol. The Labute approximate surface area is 181 Å². The van der Waals surface area contributed by atoms with Gasteiger partial charge < -0.3 is 0 Å². The molecule has 0 heterocycles. The number of benzene rings is 3. The van der Waals surface area contributed by atoms with Gasteiger partial charge in [-0.1, -0.05) is 77.8 Å². The molecule has 29 heavy (non-hydrogen) atoms. The van der Waals surface area contributed by atoms with Crippen molar-refractivity contribution in [2.45, 2.75) is 30.1 Å². The molecule has 0 radical (unpaired) electrons. The zero-order chi connectivity index (χ0) is 20.5. The van der Waals surface area contributed by atoms with Crippen molar-refractivity contribution in [3.63, 3.8) is 0 Å². The molecule has 1 saturated carbocycles. The zero-order valence-electron chi connectivity index (χ0n) is 15.7. The van der Waals surface area contributed by atoms with E-state index >= 15 is 0 Å². The van der Waals surface area contributed by atoms with Crippen molar-refractivity contribution in [1.82, 2.24) is 4.72 Å². The molecule has 150 valence electrons. The molecule has 0 amide bonds. The van der Waals surface area contributed by atoms with Crippen LogP contribution >= 0.6 is 23.2 Å². The van der Waals surface area contributed by atoms with E-state index < -0.39 is 20.8 Å². The number of halogens is 2. The summed E-state index contributed by atoms with van der Waals surface area (Å²) in [7, 11) is -3.59. The maximum Gasteiger partial charge on any atom is 0.218 e. The summed E-state index contributed by atoms with van der Waals surface area (Å²) in [4.78, 5) is 0. The van der Waals surface area contributed by atoms with E-state index in [2.05, 4.69) is 4.72 Å². The van der Waals surface area contributed by atoms with Gasteiger partial charge in [0.05, 0.1) is 10.8 Å². The number of nitrogens with one attached hydrogen (secondary N) is 1. The van der Waals surface area contributed by atoms with E-state index in [0.29, 0.717) is 29.3 Å². The molecular formula is C23H21Cl2NO2S. The van der Waals surface area contributed by atoms with Gasteiger partial charge in [0.1, 0.15) is 0 Å². The van der Waals surface area contributed by atoms with Gasteiger partial charge in [-0.15, -0.1) is 0 Å². The Hall–Kier alpha value is -1.85. The molecule has 0 saturated heterocycles. The normalized spacial score (nSPS) is 16.3. The molecule has 3 aromatic rings. The highest BCUT2D eigenvalue weighted by molar-refractivity contribution is 7.91. The summed E-state index contributed by atoms with van der Waals surface area (Å²) in [6.45, 7) is 0. The predicted molar refractivity (Wildman–Crippen MR) is 119 cm³/mol. The van der Waals surface area contributed by atoms with E-state index in [1.807, 2.05) is 54.6 Å². The fourth-order valence-corrected chi connectivity index (χ4v) is 5.75. The third-order valence-electron chi connectivity index (χ3n) is 5.41. The largest absolute Gasteiger partial charge is 0.218 e. The first kappa shape index (κ1) is 20.4. The van der Waals surface area contributed by atoms with Crippen LogP contribution in [0.3, 0.4) is 0 Å². The smallest absolute Gasteiger partial charge is 0.212 e. The highest BCUT2D eigenvalue weighted by atomic mass is 35.5. The Kier molecular flexibility index (Phi) is 5.71. The fourth-order valence-electron chi connectivity index (χ4n) is 3.60. The lowest BCUT2D eigenvalue weighted by Gasteiger charge is -2.24. The van der Waals surface area contributed by atoms with E-state index in [1.54, 1.807) is 24.3 Å². The standard InChI is InChI=1S/C23H21Cl2NO2S/c24-20-11-9-18(10-12-20)22(19-7-4-8-21(25)15-19)26-29(27,28)23(13-14-23)16-17-5-2-1-3-6-17/h1-12,15,22,26H,13-14,16H2. The highest BCUT2D eigenvalue weighted by Crippen LogP contribution is 2.46. The minimum absolute atomic E-state index is 0.506. The van der Waals surface area contributed by atoms with Crippen LogP contribution in [0.5, 0.6) is 0 Å². The van der Waals surface area contributed by atoms with E-state index in [9.17, 15) is 8.42 Å². The molecule has 0 spiro atoms. The summed E-state index contributed by atoms with van der Waals surface area (Å²) in [5.74, 6) is 0. The van der Waals surface area contributed by atoms with Gasteiger partial charge in [0.15, 0.2) is 0 Å². The number of hydrogen-bond donors (Lipinski definition) is 1. The molecule has 1 unspecified atom stereocenters. The van der Waals surface area contributed by atoms with Crippen molar-refractivity contribution in [3.8, 4) is 0 Å². The number of sulfonamides is 1. The maximum absolute atomic E-state index is 13.5. The summed E-state index contributed by atoms with van der Waals surface area (Å²) in [5.41, 5.74) is 2.64. The molecular weight excluding hydrogens is 425 g/mol. The molecule has 1 aliphatic carbocycles. The van der Waals surface area contributed by atoms with Gasteiger partial charge in [-0.25, -0.2) is 13.1 Å². The third-order valence-corrected chi connectivity index (χ3v) is 8.13. The summed E-state index contributed by atoms with van der Waals surface area (Å²) in [6, 6.07) is 23.7. The average Bonchev–Trinajstić information content (AvgIpc) is 3.49. The summed E-state index contributed by atoms with van der Waals surface area (Å²) in [6.07, 6.45) is 1.81. The summed E-state index contributed by atoms with van der Waals surface area (Å²) in [5, 5.41) is 1.16. The second-order valence-electron chi connectivity index (χ2n) is 7.51. The average molecular weight is 446 g/mol. The van der Waals surface area contributed by atoms with Gasteiger partial charge in [-0.05, 0) is 60.2 Å². The lowest BCUT2D eigenvalue weighted by molar-refractivity contribution is 0.551. The minimum atomic E-state index is -3.59. The van der Waals surface area contributed by atoms with Crippen molar-refractivity contribution in [2.24, 2.45) is 0 Å². The number of hydrogen-bond acceptors (Lipinski definition) is 2. The van der Waals surface area contributed by atoms with E-state index in [4.69, 9.17) is 23.2 Å². The molecule has 0 aliphatic heterocycles. The SMILES string of the molecule is O=S(=O)(NC(c1ccc(Cl)cc1)c1cccc(Cl)c1)C1(Cc2ccccc2)CC1. The Bertz CT molecular complexity index is 1100. The maximum atomic E-state index is 13.5. The Morgan fingerprint density at radius 2 is 1.52 bits per heavy atom. The van der Waals surface area contributed by atoms with Gasteiger partial charge in [0.2, 0.25) is 10.0 Å². The predicted octanol–water partition coefficient (Wildman–Crippen LogP) is 5.78. The van der Waals surface area contributed by atoms with Crippen molar-refractivity contribution in [2.75, 3.05) is 0 Å². The van der Waals surface area contributed by atoms with Crippen LogP contribution in [0, 0.1) is 0 Å². The Morgan fingerprint density at radius 3 is 2.14 bits per heavy atom. The molecule has 4 rings (SSSR count). The lowest BCUT2D eigenvalue weighted by atomic mass is 10.00. The second kappa shape index (κ2) is 8.11. The summed E-state index contributed by atoms with van der Waals surface area (Å²) >= 11 is 12.2. The van der Waals surface area contributed by atoms with Crippen LogP contribution < -0.4 is 4.72 Å². The topological polar surface area (TPSA) is 46.2 Å². The van der Waals surface area contributed by atoms with Gasteiger partial charge in [-0.2, -0.15) is 0 Å². The van der Waals surface area contributed by atoms with Crippen LogP contribution in [0.2, 0.25) is 10.0 Å². The van der Waals surface area contributed by atoms with Gasteiger partial charge >= 0.3 is 0 Å². The van der Waals surface area contributed by atoms with Crippen LogP contribution in [-0.4, -0.2) is 13.2 Å². The quantitative estimate of drug-likeness (QED) is 0.500. The number of rotatable bonds is 7. The van der Waals surface area contributed by atoms with Crippen molar-refractivity contribution >= 4 is 33.2 Å². The molecule has 1 aliphatic rings. The van der Waals surface area contributed by atoms with Crippen molar-refractivity contribution < 1.29 is 8.42 Å². The molecule has 1 N–H and O–H groups in total. The van der Waals surface area contributed by atoms with E-state index in [1.165, 1.54) is 0 Å². The molecule has 3 nitrogen and oxygen atoms in total. The van der Waals surface area contributed by atoms with Gasteiger partial charge in [0.25, 0.3) is 0 Å². The Morgan fingerprint density at radius 1 is 0.828 bits per heavy atom. The van der Waals surface area contributed by atoms with Crippen LogP contribution in [0.4, 0.5) is 0 Å². The molecule has 0 bridgehead atoms. The first-order valence-electron chi connectivity index (χ1n) is 9.45. The van der Waals surface area contributed by atoms with Gasteiger partial charge in [-0.3, -0.25) is 0 Å². The van der Waals surface area contributed by atoms with Crippen LogP contribution in [-0.2, 0) is 16.4 Å². The van der Waals surface area contributed by atoms with Crippen LogP contribution in [0.15, 0.2) is 78.9 Å². The minimum Gasteiger partial charge on any atom is -0.212 e. The first-order chi connectivity index (χ1) is 13.9. The fraction of sp³-hybridized carbons (Fsp3) is 0.217. The highest BCUT2D eigenvalue weighted by Gasteiger charge is 2.54.